The largest absolute Gasteiger partial charge is 0.385 e. The SMILES string of the molecule is COCCC(N)C(=O)c1ccncc1F. The van der Waals surface area contributed by atoms with Gasteiger partial charge in [-0.05, 0) is 12.5 Å². The first-order valence-electron chi connectivity index (χ1n) is 4.55. The van der Waals surface area contributed by atoms with Gasteiger partial charge in [-0.1, -0.05) is 0 Å². The fraction of sp³-hybridized carbons (Fsp3) is 0.400. The van der Waals surface area contributed by atoms with Crippen LogP contribution in [0.4, 0.5) is 4.39 Å². The summed E-state index contributed by atoms with van der Waals surface area (Å²) in [6.07, 6.45) is 2.73. The Morgan fingerprint density at radius 3 is 3.07 bits per heavy atom. The summed E-state index contributed by atoms with van der Waals surface area (Å²) in [6.45, 7) is 0.375. The molecule has 4 nitrogen and oxygen atoms in total. The summed E-state index contributed by atoms with van der Waals surface area (Å²) < 4.78 is 17.9. The predicted octanol–water partition coefficient (Wildman–Crippen LogP) is 0.767. The zero-order chi connectivity index (χ0) is 11.3. The Bertz CT molecular complexity index is 344. The lowest BCUT2D eigenvalue weighted by Gasteiger charge is -2.09. The molecule has 0 amide bonds. The number of Topliss-reactive ketones (excluding diaryl/α,β-unsaturated/α-hetero) is 1. The lowest BCUT2D eigenvalue weighted by Crippen LogP contribution is -2.32. The molecule has 2 N–H and O–H groups in total. The topological polar surface area (TPSA) is 65.2 Å². The van der Waals surface area contributed by atoms with Crippen LogP contribution in [0.15, 0.2) is 18.5 Å². The molecule has 0 aliphatic rings. The molecule has 0 fully saturated rings. The smallest absolute Gasteiger partial charge is 0.182 e. The third-order valence-corrected chi connectivity index (χ3v) is 2.01. The molecule has 0 aliphatic heterocycles. The Kier molecular flexibility index (Phi) is 4.33. The number of nitrogens with two attached hydrogens (primary N) is 1. The molecule has 0 saturated carbocycles. The number of aromatic nitrogens is 1. The minimum absolute atomic E-state index is 0.0198. The van der Waals surface area contributed by atoms with Gasteiger partial charge in [0.2, 0.25) is 0 Å². The van der Waals surface area contributed by atoms with Gasteiger partial charge in [0.1, 0.15) is 0 Å². The van der Waals surface area contributed by atoms with E-state index in [0.717, 1.165) is 6.20 Å². The van der Waals surface area contributed by atoms with Crippen LogP contribution < -0.4 is 5.73 Å². The van der Waals surface area contributed by atoms with Crippen LogP contribution in [0.25, 0.3) is 0 Å². The van der Waals surface area contributed by atoms with Crippen LogP contribution in [0.1, 0.15) is 16.8 Å². The van der Waals surface area contributed by atoms with Gasteiger partial charge in [-0.15, -0.1) is 0 Å². The molecule has 1 aromatic heterocycles. The lowest BCUT2D eigenvalue weighted by atomic mass is 10.0. The normalized spacial score (nSPS) is 12.5. The molecule has 1 rings (SSSR count). The molecule has 1 heterocycles. The van der Waals surface area contributed by atoms with Crippen molar-refractivity contribution in [3.8, 4) is 0 Å². The second-order valence-electron chi connectivity index (χ2n) is 3.11. The average molecular weight is 212 g/mol. The van der Waals surface area contributed by atoms with Crippen LogP contribution in [-0.4, -0.2) is 30.5 Å². The molecule has 1 unspecified atom stereocenters. The van der Waals surface area contributed by atoms with Gasteiger partial charge in [-0.3, -0.25) is 9.78 Å². The second kappa shape index (κ2) is 5.53. The van der Waals surface area contributed by atoms with E-state index in [1.807, 2.05) is 0 Å². The van der Waals surface area contributed by atoms with E-state index < -0.39 is 17.6 Å². The molecular formula is C10H13FN2O2. The van der Waals surface area contributed by atoms with Gasteiger partial charge in [0, 0.05) is 19.9 Å². The summed E-state index contributed by atoms with van der Waals surface area (Å²) in [6, 6.07) is 0.589. The number of carbonyl (C=O) groups is 1. The van der Waals surface area contributed by atoms with Gasteiger partial charge in [-0.2, -0.15) is 0 Å². The zero-order valence-electron chi connectivity index (χ0n) is 8.44. The van der Waals surface area contributed by atoms with Crippen molar-refractivity contribution < 1.29 is 13.9 Å². The minimum atomic E-state index is -0.734. The average Bonchev–Trinajstić information content (AvgIpc) is 2.25. The highest BCUT2D eigenvalue weighted by Gasteiger charge is 2.18. The third kappa shape index (κ3) is 3.07. The van der Waals surface area contributed by atoms with Crippen molar-refractivity contribution in [3.05, 3.63) is 29.8 Å². The van der Waals surface area contributed by atoms with Crippen molar-refractivity contribution in [2.45, 2.75) is 12.5 Å². The zero-order valence-corrected chi connectivity index (χ0v) is 8.44. The minimum Gasteiger partial charge on any atom is -0.385 e. The molecule has 0 aromatic carbocycles. The predicted molar refractivity (Wildman–Crippen MR) is 53.0 cm³/mol. The second-order valence-corrected chi connectivity index (χ2v) is 3.11. The Morgan fingerprint density at radius 2 is 2.47 bits per heavy atom. The number of halogens is 1. The van der Waals surface area contributed by atoms with Gasteiger partial charge in [0.05, 0.1) is 17.8 Å². The molecule has 0 bridgehead atoms. The van der Waals surface area contributed by atoms with Crippen LogP contribution >= 0.6 is 0 Å². The Morgan fingerprint density at radius 1 is 1.73 bits per heavy atom. The Balaban J connectivity index is 2.72. The summed E-state index contributed by atoms with van der Waals surface area (Å²) in [4.78, 5) is 15.2. The van der Waals surface area contributed by atoms with Crippen LogP contribution in [0.3, 0.4) is 0 Å². The highest BCUT2D eigenvalue weighted by atomic mass is 19.1. The van der Waals surface area contributed by atoms with Gasteiger partial charge < -0.3 is 10.5 Å². The number of pyridine rings is 1. The van der Waals surface area contributed by atoms with Crippen LogP contribution in [-0.2, 0) is 4.74 Å². The van der Waals surface area contributed by atoms with E-state index in [1.54, 1.807) is 0 Å². The van der Waals surface area contributed by atoms with E-state index in [0.29, 0.717) is 13.0 Å². The highest BCUT2D eigenvalue weighted by Crippen LogP contribution is 2.08. The van der Waals surface area contributed by atoms with Gasteiger partial charge in [-0.25, -0.2) is 4.39 Å². The molecular weight excluding hydrogens is 199 g/mol. The summed E-state index contributed by atoms with van der Waals surface area (Å²) in [7, 11) is 1.52. The van der Waals surface area contributed by atoms with E-state index in [2.05, 4.69) is 4.98 Å². The number of hydrogen-bond acceptors (Lipinski definition) is 4. The quantitative estimate of drug-likeness (QED) is 0.732. The number of carbonyl (C=O) groups excluding carboxylic acids is 1. The van der Waals surface area contributed by atoms with Gasteiger partial charge in [0.15, 0.2) is 11.6 Å². The van der Waals surface area contributed by atoms with Crippen LogP contribution in [0.5, 0.6) is 0 Å². The maximum atomic E-state index is 13.2. The fourth-order valence-electron chi connectivity index (χ4n) is 1.15. The standard InChI is InChI=1S/C10H13FN2O2/c1-15-5-3-9(12)10(14)7-2-4-13-6-8(7)11/h2,4,6,9H,3,5,12H2,1H3. The Hall–Kier alpha value is -1.33. The van der Waals surface area contributed by atoms with Gasteiger partial charge in [0.25, 0.3) is 0 Å². The van der Waals surface area contributed by atoms with Crippen molar-refractivity contribution in [2.75, 3.05) is 13.7 Å². The molecule has 0 radical (unpaired) electrons. The monoisotopic (exact) mass is 212 g/mol. The Labute approximate surface area is 87.3 Å². The van der Waals surface area contributed by atoms with E-state index in [9.17, 15) is 9.18 Å². The van der Waals surface area contributed by atoms with E-state index in [-0.39, 0.29) is 5.56 Å². The number of ketones is 1. The first-order valence-corrected chi connectivity index (χ1v) is 4.55. The highest BCUT2D eigenvalue weighted by molar-refractivity contribution is 6.00. The van der Waals surface area contributed by atoms with Gasteiger partial charge >= 0.3 is 0 Å². The molecule has 15 heavy (non-hydrogen) atoms. The molecule has 0 saturated heterocycles. The lowest BCUT2D eigenvalue weighted by molar-refractivity contribution is 0.0931. The van der Waals surface area contributed by atoms with E-state index in [4.69, 9.17) is 10.5 Å². The number of rotatable bonds is 5. The van der Waals surface area contributed by atoms with Crippen molar-refractivity contribution in [3.63, 3.8) is 0 Å². The first kappa shape index (κ1) is 11.7. The maximum Gasteiger partial charge on any atom is 0.182 e. The summed E-state index contributed by atoms with van der Waals surface area (Å²) in [5.41, 5.74) is 5.57. The third-order valence-electron chi connectivity index (χ3n) is 2.01. The van der Waals surface area contributed by atoms with E-state index in [1.165, 1.54) is 19.4 Å². The molecule has 0 aliphatic carbocycles. The number of ether oxygens (including phenoxy) is 1. The van der Waals surface area contributed by atoms with E-state index >= 15 is 0 Å². The first-order chi connectivity index (χ1) is 7.16. The van der Waals surface area contributed by atoms with Crippen molar-refractivity contribution in [1.29, 1.82) is 0 Å². The molecule has 5 heteroatoms. The molecule has 0 spiro atoms. The summed E-state index contributed by atoms with van der Waals surface area (Å²) in [5.74, 6) is -1.07. The van der Waals surface area contributed by atoms with Crippen molar-refractivity contribution in [1.82, 2.24) is 4.98 Å². The number of methoxy groups -OCH3 is 1. The van der Waals surface area contributed by atoms with Crippen molar-refractivity contribution in [2.24, 2.45) is 5.73 Å². The van der Waals surface area contributed by atoms with Crippen molar-refractivity contribution >= 4 is 5.78 Å². The fourth-order valence-corrected chi connectivity index (χ4v) is 1.15. The maximum absolute atomic E-state index is 13.2. The molecule has 1 aromatic rings. The molecule has 1 atom stereocenters. The summed E-state index contributed by atoms with van der Waals surface area (Å²) >= 11 is 0. The van der Waals surface area contributed by atoms with Crippen LogP contribution in [0.2, 0.25) is 0 Å². The number of hydrogen-bond donors (Lipinski definition) is 1. The molecule has 82 valence electrons. The number of nitrogens with zero attached hydrogens (tertiary/aromatic N) is 1. The summed E-state index contributed by atoms with van der Waals surface area (Å²) in [5, 5.41) is 0. The van der Waals surface area contributed by atoms with Crippen LogP contribution in [0, 0.1) is 5.82 Å².